The molecule has 1 aromatic heterocycles. The van der Waals surface area contributed by atoms with E-state index in [1.54, 1.807) is 0 Å². The smallest absolute Gasteiger partial charge is 0.237 e. The fourth-order valence-corrected chi connectivity index (χ4v) is 4.85. The highest BCUT2D eigenvalue weighted by molar-refractivity contribution is 7.10. The van der Waals surface area contributed by atoms with E-state index in [4.69, 9.17) is 0 Å². The number of hydrogen-bond donors (Lipinski definition) is 0. The largest absolute Gasteiger partial charge is 0.336 e. The van der Waals surface area contributed by atoms with Crippen molar-refractivity contribution in [1.29, 1.82) is 0 Å². The lowest BCUT2D eigenvalue weighted by Gasteiger charge is -2.33. The van der Waals surface area contributed by atoms with Gasteiger partial charge in [0.1, 0.15) is 0 Å². The Morgan fingerprint density at radius 1 is 1.24 bits per heavy atom. The van der Waals surface area contributed by atoms with Gasteiger partial charge < -0.3 is 4.90 Å². The lowest BCUT2D eigenvalue weighted by atomic mass is 10.1. The predicted octanol–water partition coefficient (Wildman–Crippen LogP) is 3.04. The van der Waals surface area contributed by atoms with E-state index in [9.17, 15) is 4.79 Å². The average molecular weight is 304 g/mol. The van der Waals surface area contributed by atoms with E-state index in [1.165, 1.54) is 49.0 Å². The molecule has 0 unspecified atom stereocenters. The molecule has 21 heavy (non-hydrogen) atoms. The number of nitrogens with zero attached hydrogens (tertiary/aromatic N) is 2. The van der Waals surface area contributed by atoms with Crippen molar-refractivity contribution >= 4 is 17.2 Å². The van der Waals surface area contributed by atoms with E-state index >= 15 is 0 Å². The van der Waals surface area contributed by atoms with Gasteiger partial charge in [-0.05, 0) is 49.1 Å². The molecule has 114 valence electrons. The summed E-state index contributed by atoms with van der Waals surface area (Å²) >= 11 is 1.87. The molecule has 1 aromatic rings. The van der Waals surface area contributed by atoms with E-state index < -0.39 is 0 Å². The Morgan fingerprint density at radius 2 is 2.00 bits per heavy atom. The third-order valence-electron chi connectivity index (χ3n) is 5.19. The van der Waals surface area contributed by atoms with Crippen LogP contribution in [0.25, 0.3) is 0 Å². The van der Waals surface area contributed by atoms with Crippen molar-refractivity contribution in [3.05, 3.63) is 21.9 Å². The maximum Gasteiger partial charge on any atom is 0.237 e. The molecule has 2 fully saturated rings. The zero-order valence-electron chi connectivity index (χ0n) is 12.6. The van der Waals surface area contributed by atoms with Crippen LogP contribution < -0.4 is 0 Å². The van der Waals surface area contributed by atoms with Gasteiger partial charge in [-0.2, -0.15) is 0 Å². The van der Waals surface area contributed by atoms with Gasteiger partial charge in [0.05, 0.1) is 6.54 Å². The SMILES string of the molecule is O=C(CN1CCc2sccc2C1)N(C1CCCC1)C1CC1. The van der Waals surface area contributed by atoms with Crippen LogP contribution in [0.1, 0.15) is 49.0 Å². The first kappa shape index (κ1) is 13.8. The molecule has 1 amide bonds. The van der Waals surface area contributed by atoms with Crippen LogP contribution in [0.15, 0.2) is 11.4 Å². The monoisotopic (exact) mass is 304 g/mol. The van der Waals surface area contributed by atoms with Crippen LogP contribution in [0.5, 0.6) is 0 Å². The minimum atomic E-state index is 0.392. The molecule has 2 saturated carbocycles. The normalized spacial score (nSPS) is 23.2. The van der Waals surface area contributed by atoms with E-state index in [-0.39, 0.29) is 0 Å². The first-order chi connectivity index (χ1) is 10.3. The van der Waals surface area contributed by atoms with E-state index in [2.05, 4.69) is 21.2 Å². The lowest BCUT2D eigenvalue weighted by molar-refractivity contribution is -0.135. The fraction of sp³-hybridized carbons (Fsp3) is 0.706. The van der Waals surface area contributed by atoms with Crippen LogP contribution in [-0.2, 0) is 17.8 Å². The van der Waals surface area contributed by atoms with E-state index in [0.29, 0.717) is 24.5 Å². The van der Waals surface area contributed by atoms with Gasteiger partial charge in [0.15, 0.2) is 0 Å². The molecule has 4 rings (SSSR count). The molecule has 2 heterocycles. The summed E-state index contributed by atoms with van der Waals surface area (Å²) in [7, 11) is 0. The Labute approximate surface area is 130 Å². The third kappa shape index (κ3) is 2.88. The summed E-state index contributed by atoms with van der Waals surface area (Å²) in [6, 6.07) is 3.35. The number of hydrogen-bond acceptors (Lipinski definition) is 3. The summed E-state index contributed by atoms with van der Waals surface area (Å²) in [4.78, 5) is 19.0. The topological polar surface area (TPSA) is 23.6 Å². The molecule has 0 saturated heterocycles. The summed E-state index contributed by atoms with van der Waals surface area (Å²) in [6.07, 6.45) is 8.67. The summed E-state index contributed by atoms with van der Waals surface area (Å²) in [5.41, 5.74) is 1.44. The average Bonchev–Trinajstić information content (AvgIpc) is 2.99. The van der Waals surface area contributed by atoms with Crippen molar-refractivity contribution in [3.63, 3.8) is 0 Å². The standard InChI is InChI=1S/C17H24N2OS/c20-17(19(15-5-6-15)14-3-1-2-4-14)12-18-9-7-16-13(11-18)8-10-21-16/h8,10,14-15H,1-7,9,11-12H2. The Kier molecular flexibility index (Phi) is 3.76. The summed E-state index contributed by atoms with van der Waals surface area (Å²) < 4.78 is 0. The number of thiophene rings is 1. The number of amides is 1. The zero-order chi connectivity index (χ0) is 14.2. The first-order valence-corrected chi connectivity index (χ1v) is 9.28. The first-order valence-electron chi connectivity index (χ1n) is 8.40. The molecule has 0 atom stereocenters. The molecule has 1 aliphatic heterocycles. The van der Waals surface area contributed by atoms with Crippen LogP contribution in [0.3, 0.4) is 0 Å². The van der Waals surface area contributed by atoms with Gasteiger partial charge in [0, 0.05) is 30.1 Å². The van der Waals surface area contributed by atoms with Crippen LogP contribution in [0.4, 0.5) is 0 Å². The van der Waals surface area contributed by atoms with Crippen LogP contribution in [0, 0.1) is 0 Å². The minimum absolute atomic E-state index is 0.392. The van der Waals surface area contributed by atoms with Crippen molar-refractivity contribution in [2.45, 2.75) is 63.6 Å². The van der Waals surface area contributed by atoms with Crippen LogP contribution in [0.2, 0.25) is 0 Å². The van der Waals surface area contributed by atoms with E-state index in [1.807, 2.05) is 11.3 Å². The quantitative estimate of drug-likeness (QED) is 0.853. The summed E-state index contributed by atoms with van der Waals surface area (Å²) in [6.45, 7) is 2.64. The number of carbonyl (C=O) groups excluding carboxylic acids is 1. The maximum atomic E-state index is 12.8. The highest BCUT2D eigenvalue weighted by atomic mass is 32.1. The van der Waals surface area contributed by atoms with Gasteiger partial charge >= 0.3 is 0 Å². The van der Waals surface area contributed by atoms with Crippen molar-refractivity contribution in [3.8, 4) is 0 Å². The van der Waals surface area contributed by atoms with Crippen molar-refractivity contribution in [2.24, 2.45) is 0 Å². The van der Waals surface area contributed by atoms with Crippen molar-refractivity contribution < 1.29 is 4.79 Å². The molecule has 0 radical (unpaired) electrons. The van der Waals surface area contributed by atoms with Gasteiger partial charge in [-0.1, -0.05) is 12.8 Å². The van der Waals surface area contributed by atoms with Gasteiger partial charge in [0.25, 0.3) is 0 Å². The number of carbonyl (C=O) groups is 1. The van der Waals surface area contributed by atoms with Gasteiger partial charge in [0.2, 0.25) is 5.91 Å². The molecule has 4 heteroatoms. The highest BCUT2D eigenvalue weighted by Gasteiger charge is 2.38. The number of rotatable bonds is 4. The van der Waals surface area contributed by atoms with Crippen molar-refractivity contribution in [1.82, 2.24) is 9.80 Å². The van der Waals surface area contributed by atoms with Gasteiger partial charge in [-0.3, -0.25) is 9.69 Å². The number of fused-ring (bicyclic) bond motifs is 1. The Hall–Kier alpha value is -0.870. The maximum absolute atomic E-state index is 12.8. The third-order valence-corrected chi connectivity index (χ3v) is 6.21. The van der Waals surface area contributed by atoms with Crippen LogP contribution >= 0.6 is 11.3 Å². The molecule has 0 N–H and O–H groups in total. The highest BCUT2D eigenvalue weighted by Crippen LogP contribution is 2.34. The Balaban J connectivity index is 1.40. The molecule has 0 bridgehead atoms. The summed E-state index contributed by atoms with van der Waals surface area (Å²) in [5.74, 6) is 0.392. The van der Waals surface area contributed by atoms with Gasteiger partial charge in [-0.15, -0.1) is 11.3 Å². The molecule has 3 nitrogen and oxygen atoms in total. The second kappa shape index (κ2) is 5.73. The predicted molar refractivity (Wildman–Crippen MR) is 85.4 cm³/mol. The fourth-order valence-electron chi connectivity index (χ4n) is 3.96. The van der Waals surface area contributed by atoms with Gasteiger partial charge in [-0.25, -0.2) is 0 Å². The molecule has 2 aliphatic carbocycles. The zero-order valence-corrected chi connectivity index (χ0v) is 13.4. The van der Waals surface area contributed by atoms with E-state index in [0.717, 1.165) is 19.5 Å². The molecular weight excluding hydrogens is 280 g/mol. The molecule has 3 aliphatic rings. The summed E-state index contributed by atoms with van der Waals surface area (Å²) in [5, 5.41) is 2.19. The van der Waals surface area contributed by atoms with Crippen LogP contribution in [-0.4, -0.2) is 40.9 Å². The Morgan fingerprint density at radius 3 is 2.76 bits per heavy atom. The lowest BCUT2D eigenvalue weighted by Crippen LogP contribution is -2.46. The Bertz CT molecular complexity index is 517. The molecule has 0 spiro atoms. The molecule has 0 aromatic carbocycles. The second-order valence-corrected chi connectivity index (χ2v) is 7.80. The van der Waals surface area contributed by atoms with Crippen molar-refractivity contribution in [2.75, 3.05) is 13.1 Å². The second-order valence-electron chi connectivity index (χ2n) is 6.80. The minimum Gasteiger partial charge on any atom is -0.336 e. The molecular formula is C17H24N2OS.